The summed E-state index contributed by atoms with van der Waals surface area (Å²) >= 11 is 0. The molecule has 0 spiro atoms. The molecule has 0 atom stereocenters. The van der Waals surface area contributed by atoms with Crippen molar-refractivity contribution in [3.63, 3.8) is 0 Å². The SMILES string of the molecule is COc1ccc(C2CNC(=O)NC2)cc1C. The van der Waals surface area contributed by atoms with E-state index in [2.05, 4.69) is 22.8 Å². The van der Waals surface area contributed by atoms with E-state index in [0.29, 0.717) is 19.0 Å². The van der Waals surface area contributed by atoms with E-state index in [0.717, 1.165) is 11.3 Å². The molecule has 0 saturated carbocycles. The average Bonchev–Trinajstić information content (AvgIpc) is 2.30. The number of hydrogen-bond donors (Lipinski definition) is 2. The Kier molecular flexibility index (Phi) is 2.99. The van der Waals surface area contributed by atoms with Crippen LogP contribution in [0.15, 0.2) is 18.2 Å². The van der Waals surface area contributed by atoms with E-state index in [1.165, 1.54) is 5.56 Å². The standard InChI is InChI=1S/C12H16N2O2/c1-8-5-9(3-4-11(8)16-2)10-6-13-12(15)14-7-10/h3-5,10H,6-7H2,1-2H3,(H2,13,14,15). The van der Waals surface area contributed by atoms with Gasteiger partial charge in [0.05, 0.1) is 7.11 Å². The van der Waals surface area contributed by atoms with Crippen LogP contribution in [0.3, 0.4) is 0 Å². The third-order valence-corrected chi connectivity index (χ3v) is 2.91. The number of amides is 2. The first kappa shape index (κ1) is 10.8. The summed E-state index contributed by atoms with van der Waals surface area (Å²) in [4.78, 5) is 11.0. The molecule has 4 heteroatoms. The molecule has 0 aromatic heterocycles. The topological polar surface area (TPSA) is 50.4 Å². The van der Waals surface area contributed by atoms with Crippen molar-refractivity contribution in [1.82, 2.24) is 10.6 Å². The van der Waals surface area contributed by atoms with Crippen molar-refractivity contribution in [3.8, 4) is 5.75 Å². The normalized spacial score (nSPS) is 16.5. The number of carbonyl (C=O) groups excluding carboxylic acids is 1. The Morgan fingerprint density at radius 3 is 2.56 bits per heavy atom. The first-order valence-corrected chi connectivity index (χ1v) is 5.37. The summed E-state index contributed by atoms with van der Waals surface area (Å²) in [5.74, 6) is 1.24. The third-order valence-electron chi connectivity index (χ3n) is 2.91. The minimum absolute atomic E-state index is 0.0820. The molecule has 1 saturated heterocycles. The van der Waals surface area contributed by atoms with Gasteiger partial charge in [-0.3, -0.25) is 0 Å². The van der Waals surface area contributed by atoms with Gasteiger partial charge in [-0.05, 0) is 24.1 Å². The maximum atomic E-state index is 11.0. The lowest BCUT2D eigenvalue weighted by Crippen LogP contribution is -2.47. The molecule has 1 fully saturated rings. The highest BCUT2D eigenvalue weighted by molar-refractivity contribution is 5.74. The molecule has 1 aromatic rings. The number of benzene rings is 1. The van der Waals surface area contributed by atoms with E-state index in [4.69, 9.17) is 4.74 Å². The monoisotopic (exact) mass is 220 g/mol. The summed E-state index contributed by atoms with van der Waals surface area (Å²) in [5.41, 5.74) is 2.35. The Labute approximate surface area is 95.0 Å². The lowest BCUT2D eigenvalue weighted by atomic mass is 9.96. The molecule has 0 unspecified atom stereocenters. The van der Waals surface area contributed by atoms with Crippen molar-refractivity contribution in [1.29, 1.82) is 0 Å². The number of nitrogens with one attached hydrogen (secondary N) is 2. The van der Waals surface area contributed by atoms with E-state index in [-0.39, 0.29) is 6.03 Å². The van der Waals surface area contributed by atoms with Crippen LogP contribution in [0, 0.1) is 6.92 Å². The van der Waals surface area contributed by atoms with Gasteiger partial charge >= 0.3 is 6.03 Å². The summed E-state index contributed by atoms with van der Waals surface area (Å²) in [6, 6.07) is 6.06. The number of methoxy groups -OCH3 is 1. The van der Waals surface area contributed by atoms with Crippen molar-refractivity contribution >= 4 is 6.03 Å². The molecule has 16 heavy (non-hydrogen) atoms. The van der Waals surface area contributed by atoms with Crippen LogP contribution >= 0.6 is 0 Å². The number of ether oxygens (including phenoxy) is 1. The highest BCUT2D eigenvalue weighted by atomic mass is 16.5. The third kappa shape index (κ3) is 2.10. The highest BCUT2D eigenvalue weighted by Gasteiger charge is 2.19. The fourth-order valence-corrected chi connectivity index (χ4v) is 1.96. The maximum absolute atomic E-state index is 11.0. The maximum Gasteiger partial charge on any atom is 0.314 e. The number of aryl methyl sites for hydroxylation is 1. The Hall–Kier alpha value is -1.71. The second-order valence-corrected chi connectivity index (χ2v) is 4.02. The zero-order chi connectivity index (χ0) is 11.5. The number of hydrogen-bond acceptors (Lipinski definition) is 2. The van der Waals surface area contributed by atoms with Gasteiger partial charge in [-0.2, -0.15) is 0 Å². The summed E-state index contributed by atoms with van der Waals surface area (Å²) in [6.07, 6.45) is 0. The summed E-state index contributed by atoms with van der Waals surface area (Å²) in [6.45, 7) is 3.41. The van der Waals surface area contributed by atoms with Crippen LogP contribution in [0.2, 0.25) is 0 Å². The fourth-order valence-electron chi connectivity index (χ4n) is 1.96. The lowest BCUT2D eigenvalue weighted by molar-refractivity contribution is 0.234. The zero-order valence-corrected chi connectivity index (χ0v) is 9.54. The van der Waals surface area contributed by atoms with Gasteiger partial charge in [-0.15, -0.1) is 0 Å². The van der Waals surface area contributed by atoms with Gasteiger partial charge in [0.2, 0.25) is 0 Å². The molecule has 1 heterocycles. The van der Waals surface area contributed by atoms with Crippen LogP contribution in [0.5, 0.6) is 5.75 Å². The van der Waals surface area contributed by atoms with Gasteiger partial charge in [0, 0.05) is 19.0 Å². The zero-order valence-electron chi connectivity index (χ0n) is 9.54. The molecule has 1 aliphatic rings. The van der Waals surface area contributed by atoms with Crippen LogP contribution in [-0.4, -0.2) is 26.2 Å². The van der Waals surface area contributed by atoms with E-state index >= 15 is 0 Å². The molecular weight excluding hydrogens is 204 g/mol. The molecule has 1 aromatic carbocycles. The lowest BCUT2D eigenvalue weighted by Gasteiger charge is -2.24. The van der Waals surface area contributed by atoms with Gasteiger partial charge in [0.1, 0.15) is 5.75 Å². The smallest absolute Gasteiger partial charge is 0.314 e. The van der Waals surface area contributed by atoms with E-state index in [1.807, 2.05) is 13.0 Å². The number of urea groups is 1. The first-order valence-electron chi connectivity index (χ1n) is 5.37. The summed E-state index contributed by atoms with van der Waals surface area (Å²) in [5, 5.41) is 5.59. The Balaban J connectivity index is 2.15. The number of carbonyl (C=O) groups is 1. The first-order chi connectivity index (χ1) is 7.70. The second kappa shape index (κ2) is 4.43. The minimum Gasteiger partial charge on any atom is -0.496 e. The van der Waals surface area contributed by atoms with Gasteiger partial charge in [0.25, 0.3) is 0 Å². The van der Waals surface area contributed by atoms with Crippen molar-refractivity contribution in [3.05, 3.63) is 29.3 Å². The Morgan fingerprint density at radius 2 is 2.00 bits per heavy atom. The van der Waals surface area contributed by atoms with E-state index in [1.54, 1.807) is 7.11 Å². The van der Waals surface area contributed by atoms with Crippen molar-refractivity contribution in [2.45, 2.75) is 12.8 Å². The number of rotatable bonds is 2. The average molecular weight is 220 g/mol. The van der Waals surface area contributed by atoms with Gasteiger partial charge in [-0.1, -0.05) is 12.1 Å². The largest absolute Gasteiger partial charge is 0.496 e. The minimum atomic E-state index is -0.0820. The molecular formula is C12H16N2O2. The molecule has 0 aliphatic carbocycles. The highest BCUT2D eigenvalue weighted by Crippen LogP contribution is 2.23. The molecule has 2 N–H and O–H groups in total. The van der Waals surface area contributed by atoms with E-state index in [9.17, 15) is 4.79 Å². The van der Waals surface area contributed by atoms with Gasteiger partial charge in [-0.25, -0.2) is 4.79 Å². The van der Waals surface area contributed by atoms with E-state index < -0.39 is 0 Å². The molecule has 0 radical (unpaired) electrons. The molecule has 2 rings (SSSR count). The van der Waals surface area contributed by atoms with Gasteiger partial charge in [0.15, 0.2) is 0 Å². The van der Waals surface area contributed by atoms with Gasteiger partial charge < -0.3 is 15.4 Å². The van der Waals surface area contributed by atoms with Crippen LogP contribution < -0.4 is 15.4 Å². The van der Waals surface area contributed by atoms with Crippen molar-refractivity contribution in [2.24, 2.45) is 0 Å². The second-order valence-electron chi connectivity index (χ2n) is 4.02. The predicted octanol–water partition coefficient (Wildman–Crippen LogP) is 1.40. The molecule has 1 aliphatic heterocycles. The quantitative estimate of drug-likeness (QED) is 0.791. The molecule has 86 valence electrons. The molecule has 2 amide bonds. The van der Waals surface area contributed by atoms with Crippen LogP contribution in [0.4, 0.5) is 4.79 Å². The van der Waals surface area contributed by atoms with Crippen molar-refractivity contribution in [2.75, 3.05) is 20.2 Å². The van der Waals surface area contributed by atoms with Crippen LogP contribution in [-0.2, 0) is 0 Å². The molecule has 4 nitrogen and oxygen atoms in total. The Bertz CT molecular complexity index is 394. The molecule has 0 bridgehead atoms. The van der Waals surface area contributed by atoms with Crippen LogP contribution in [0.25, 0.3) is 0 Å². The summed E-state index contributed by atoms with van der Waals surface area (Å²) in [7, 11) is 1.67. The fraction of sp³-hybridized carbons (Fsp3) is 0.417. The predicted molar refractivity (Wildman–Crippen MR) is 61.9 cm³/mol. The van der Waals surface area contributed by atoms with Crippen molar-refractivity contribution < 1.29 is 9.53 Å². The summed E-state index contributed by atoms with van der Waals surface area (Å²) < 4.78 is 5.22. The Morgan fingerprint density at radius 1 is 1.31 bits per heavy atom. The van der Waals surface area contributed by atoms with Crippen LogP contribution in [0.1, 0.15) is 17.0 Å².